The number of rotatable bonds is 8. The standard InChI is InChI=1S/C20H25N3O5/c1-4-17(16(11-21)20(25)27-5-2)23-14-6-7-18(22-13(3)24)19(10-14)28-15-8-9-26-12-15/h6-7,10,15,23H,4-5,8-9,12H2,1-3H3,(H,22,24)/b17-16-/t15-/m0/s1. The van der Waals surface area contributed by atoms with Gasteiger partial charge in [-0.3, -0.25) is 4.79 Å². The fourth-order valence-electron chi connectivity index (χ4n) is 2.72. The fraction of sp³-hybridized carbons (Fsp3) is 0.450. The summed E-state index contributed by atoms with van der Waals surface area (Å²) in [5.74, 6) is -0.388. The van der Waals surface area contributed by atoms with Gasteiger partial charge in [0.2, 0.25) is 5.91 Å². The molecule has 1 aromatic carbocycles. The van der Waals surface area contributed by atoms with E-state index in [4.69, 9.17) is 14.2 Å². The van der Waals surface area contributed by atoms with Crippen molar-refractivity contribution in [1.82, 2.24) is 0 Å². The molecular formula is C20H25N3O5. The number of allylic oxidation sites excluding steroid dienone is 1. The van der Waals surface area contributed by atoms with E-state index in [-0.39, 0.29) is 24.2 Å². The van der Waals surface area contributed by atoms with Crippen LogP contribution in [-0.2, 0) is 19.1 Å². The van der Waals surface area contributed by atoms with E-state index >= 15 is 0 Å². The molecule has 0 radical (unpaired) electrons. The molecule has 0 aromatic heterocycles. The van der Waals surface area contributed by atoms with E-state index in [9.17, 15) is 14.9 Å². The number of hydrogen-bond donors (Lipinski definition) is 2. The van der Waals surface area contributed by atoms with Crippen LogP contribution in [-0.4, -0.2) is 37.8 Å². The predicted octanol–water partition coefficient (Wildman–Crippen LogP) is 2.98. The van der Waals surface area contributed by atoms with Crippen LogP contribution in [0.1, 0.15) is 33.6 Å². The number of anilines is 2. The second kappa shape index (κ2) is 10.3. The van der Waals surface area contributed by atoms with Crippen LogP contribution in [0, 0.1) is 11.3 Å². The lowest BCUT2D eigenvalue weighted by molar-refractivity contribution is -0.138. The van der Waals surface area contributed by atoms with Gasteiger partial charge in [-0.1, -0.05) is 6.92 Å². The Hall–Kier alpha value is -3.05. The van der Waals surface area contributed by atoms with E-state index < -0.39 is 5.97 Å². The maximum atomic E-state index is 12.0. The number of ether oxygens (including phenoxy) is 3. The van der Waals surface area contributed by atoms with Crippen LogP contribution >= 0.6 is 0 Å². The monoisotopic (exact) mass is 387 g/mol. The highest BCUT2D eigenvalue weighted by Gasteiger charge is 2.20. The number of carbonyl (C=O) groups is 2. The Balaban J connectivity index is 2.31. The van der Waals surface area contributed by atoms with Gasteiger partial charge in [-0.2, -0.15) is 5.26 Å². The molecule has 0 spiro atoms. The molecule has 1 aromatic rings. The summed E-state index contributed by atoms with van der Waals surface area (Å²) in [4.78, 5) is 23.5. The Labute approximate surface area is 164 Å². The first-order chi connectivity index (χ1) is 13.5. The fourth-order valence-corrected chi connectivity index (χ4v) is 2.72. The van der Waals surface area contributed by atoms with Gasteiger partial charge in [0.05, 0.1) is 25.5 Å². The lowest BCUT2D eigenvalue weighted by Gasteiger charge is -2.18. The average Bonchev–Trinajstić information content (AvgIpc) is 3.16. The van der Waals surface area contributed by atoms with Gasteiger partial charge in [0.15, 0.2) is 5.57 Å². The molecule has 1 heterocycles. The van der Waals surface area contributed by atoms with E-state index in [1.165, 1.54) is 6.92 Å². The van der Waals surface area contributed by atoms with Gasteiger partial charge in [0, 0.05) is 30.8 Å². The molecule has 28 heavy (non-hydrogen) atoms. The lowest BCUT2D eigenvalue weighted by atomic mass is 10.1. The molecule has 0 saturated carbocycles. The van der Waals surface area contributed by atoms with Gasteiger partial charge in [0.25, 0.3) is 0 Å². The lowest BCUT2D eigenvalue weighted by Crippen LogP contribution is -2.18. The van der Waals surface area contributed by atoms with E-state index in [0.29, 0.717) is 42.5 Å². The van der Waals surface area contributed by atoms with Crippen molar-refractivity contribution in [2.24, 2.45) is 0 Å². The zero-order chi connectivity index (χ0) is 20.5. The summed E-state index contributed by atoms with van der Waals surface area (Å²) in [6, 6.07) is 7.07. The third-order valence-electron chi connectivity index (χ3n) is 4.02. The maximum absolute atomic E-state index is 12.0. The first kappa shape index (κ1) is 21.3. The number of amides is 1. The molecular weight excluding hydrogens is 362 g/mol. The van der Waals surface area contributed by atoms with E-state index in [1.807, 2.05) is 13.0 Å². The highest BCUT2D eigenvalue weighted by molar-refractivity contribution is 5.94. The first-order valence-electron chi connectivity index (χ1n) is 9.21. The average molecular weight is 387 g/mol. The van der Waals surface area contributed by atoms with Gasteiger partial charge < -0.3 is 24.8 Å². The van der Waals surface area contributed by atoms with Gasteiger partial charge >= 0.3 is 5.97 Å². The van der Waals surface area contributed by atoms with Crippen LogP contribution < -0.4 is 15.4 Å². The van der Waals surface area contributed by atoms with Gasteiger partial charge in [-0.15, -0.1) is 0 Å². The van der Waals surface area contributed by atoms with Crippen LogP contribution in [0.5, 0.6) is 5.75 Å². The van der Waals surface area contributed by atoms with Crippen molar-refractivity contribution in [1.29, 1.82) is 5.26 Å². The van der Waals surface area contributed by atoms with Gasteiger partial charge in [0.1, 0.15) is 17.9 Å². The Bertz CT molecular complexity index is 792. The van der Waals surface area contributed by atoms with Crippen molar-refractivity contribution in [2.45, 2.75) is 39.7 Å². The number of nitrogens with zero attached hydrogens (tertiary/aromatic N) is 1. The van der Waals surface area contributed by atoms with Crippen molar-refractivity contribution >= 4 is 23.3 Å². The normalized spacial score (nSPS) is 16.6. The Kier molecular flexibility index (Phi) is 7.84. The summed E-state index contributed by atoms with van der Waals surface area (Å²) in [6.07, 6.45) is 1.10. The third-order valence-corrected chi connectivity index (χ3v) is 4.02. The highest BCUT2D eigenvalue weighted by atomic mass is 16.5. The molecule has 8 heteroatoms. The van der Waals surface area contributed by atoms with Crippen molar-refractivity contribution < 1.29 is 23.8 Å². The van der Waals surface area contributed by atoms with Gasteiger partial charge in [-0.05, 0) is 25.5 Å². The summed E-state index contributed by atoms with van der Waals surface area (Å²) in [5.41, 5.74) is 1.54. The van der Waals surface area contributed by atoms with Crippen LogP contribution in [0.3, 0.4) is 0 Å². The quantitative estimate of drug-likeness (QED) is 0.401. The van der Waals surface area contributed by atoms with Crippen molar-refractivity contribution in [3.8, 4) is 11.8 Å². The van der Waals surface area contributed by atoms with E-state index in [1.54, 1.807) is 25.1 Å². The number of nitrogens with one attached hydrogen (secondary N) is 2. The second-order valence-corrected chi connectivity index (χ2v) is 6.16. The minimum absolute atomic E-state index is 0.0676. The van der Waals surface area contributed by atoms with Crippen LogP contribution in [0.4, 0.5) is 11.4 Å². The minimum atomic E-state index is -0.663. The summed E-state index contributed by atoms with van der Waals surface area (Å²) < 4.78 is 16.3. The predicted molar refractivity (Wildman–Crippen MR) is 104 cm³/mol. The third kappa shape index (κ3) is 5.72. The number of benzene rings is 1. The molecule has 2 rings (SSSR count). The topological polar surface area (TPSA) is 110 Å². The number of esters is 1. The summed E-state index contributed by atoms with van der Waals surface area (Å²) >= 11 is 0. The molecule has 8 nitrogen and oxygen atoms in total. The summed E-state index contributed by atoms with van der Waals surface area (Å²) in [5, 5.41) is 15.2. The van der Waals surface area contributed by atoms with Crippen LogP contribution in [0.2, 0.25) is 0 Å². The molecule has 0 unspecified atom stereocenters. The summed E-state index contributed by atoms with van der Waals surface area (Å²) in [6.45, 7) is 6.24. The first-order valence-corrected chi connectivity index (χ1v) is 9.21. The van der Waals surface area contributed by atoms with E-state index in [2.05, 4.69) is 10.6 Å². The molecule has 1 aliphatic rings. The second-order valence-electron chi connectivity index (χ2n) is 6.16. The molecule has 1 atom stereocenters. The molecule has 150 valence electrons. The molecule has 0 bridgehead atoms. The smallest absolute Gasteiger partial charge is 0.350 e. The maximum Gasteiger partial charge on any atom is 0.350 e. The Morgan fingerprint density at radius 3 is 2.68 bits per heavy atom. The molecule has 1 fully saturated rings. The SMILES string of the molecule is CCOC(=O)/C(C#N)=C(/CC)Nc1ccc(NC(C)=O)c(O[C@H]2CCOC2)c1. The van der Waals surface area contributed by atoms with Crippen LogP contribution in [0.25, 0.3) is 0 Å². The summed E-state index contributed by atoms with van der Waals surface area (Å²) in [7, 11) is 0. The number of carbonyl (C=O) groups excluding carboxylic acids is 2. The largest absolute Gasteiger partial charge is 0.486 e. The van der Waals surface area contributed by atoms with Gasteiger partial charge in [-0.25, -0.2) is 4.79 Å². The molecule has 1 saturated heterocycles. The number of hydrogen-bond acceptors (Lipinski definition) is 7. The Morgan fingerprint density at radius 2 is 2.11 bits per heavy atom. The molecule has 1 aliphatic heterocycles. The van der Waals surface area contributed by atoms with Crippen LogP contribution in [0.15, 0.2) is 29.5 Å². The highest BCUT2D eigenvalue weighted by Crippen LogP contribution is 2.31. The zero-order valence-corrected chi connectivity index (χ0v) is 16.3. The minimum Gasteiger partial charge on any atom is -0.486 e. The number of nitriles is 1. The van der Waals surface area contributed by atoms with Crippen molar-refractivity contribution in [3.63, 3.8) is 0 Å². The van der Waals surface area contributed by atoms with Crippen molar-refractivity contribution in [2.75, 3.05) is 30.5 Å². The zero-order valence-electron chi connectivity index (χ0n) is 16.3. The van der Waals surface area contributed by atoms with Crippen molar-refractivity contribution in [3.05, 3.63) is 29.5 Å². The molecule has 2 N–H and O–H groups in total. The van der Waals surface area contributed by atoms with E-state index in [0.717, 1.165) is 6.42 Å². The molecule has 1 amide bonds. The molecule has 0 aliphatic carbocycles. The Morgan fingerprint density at radius 1 is 1.32 bits per heavy atom.